The van der Waals surface area contributed by atoms with Gasteiger partial charge in [0.2, 0.25) is 5.91 Å². The smallest absolute Gasteiger partial charge is 0.227 e. The van der Waals surface area contributed by atoms with E-state index in [0.717, 1.165) is 30.3 Å². The van der Waals surface area contributed by atoms with Crippen LogP contribution in [0.5, 0.6) is 0 Å². The van der Waals surface area contributed by atoms with E-state index in [1.807, 2.05) is 12.1 Å². The minimum absolute atomic E-state index is 0.109. The van der Waals surface area contributed by atoms with Gasteiger partial charge in [-0.3, -0.25) is 4.79 Å². The Balaban J connectivity index is 1.56. The summed E-state index contributed by atoms with van der Waals surface area (Å²) in [6.45, 7) is 1.11. The fourth-order valence-corrected chi connectivity index (χ4v) is 2.32. The zero-order valence-electron chi connectivity index (χ0n) is 10.8. The largest absolute Gasteiger partial charge is 0.355 e. The molecule has 1 aromatic carbocycles. The topological polar surface area (TPSA) is 83.8 Å². The van der Waals surface area contributed by atoms with Gasteiger partial charge in [0, 0.05) is 13.1 Å². The van der Waals surface area contributed by atoms with E-state index in [1.54, 1.807) is 6.33 Å². The van der Waals surface area contributed by atoms with Crippen molar-refractivity contribution in [1.82, 2.24) is 15.3 Å². The maximum absolute atomic E-state index is 11.9. The number of carbonyl (C=O) groups excluding carboxylic acids is 1. The van der Waals surface area contributed by atoms with Crippen LogP contribution in [0.3, 0.4) is 0 Å². The number of nitrogens with one attached hydrogen (secondary N) is 2. The van der Waals surface area contributed by atoms with Crippen molar-refractivity contribution in [3.05, 3.63) is 30.1 Å². The van der Waals surface area contributed by atoms with Crippen molar-refractivity contribution in [3.8, 4) is 0 Å². The Morgan fingerprint density at radius 2 is 2.32 bits per heavy atom. The highest BCUT2D eigenvalue weighted by Crippen LogP contribution is 2.44. The average Bonchev–Trinajstić information content (AvgIpc) is 3.10. The predicted octanol–water partition coefficient (Wildman–Crippen LogP) is 0.961. The van der Waals surface area contributed by atoms with Gasteiger partial charge < -0.3 is 16.0 Å². The standard InChI is InChI=1S/C14H18N4O/c15-8-14(4-5-14)13(19)16-6-3-10-1-2-11-12(7-10)18-9-17-11/h1-2,7,9H,3-6,8,15H2,(H,16,19)(H,17,18). The van der Waals surface area contributed by atoms with E-state index in [0.29, 0.717) is 13.1 Å². The van der Waals surface area contributed by atoms with E-state index in [-0.39, 0.29) is 11.3 Å². The lowest BCUT2D eigenvalue weighted by Gasteiger charge is -2.12. The van der Waals surface area contributed by atoms with Crippen molar-refractivity contribution in [1.29, 1.82) is 0 Å². The van der Waals surface area contributed by atoms with Crippen LogP contribution in [0.15, 0.2) is 24.5 Å². The van der Waals surface area contributed by atoms with Crippen molar-refractivity contribution in [2.45, 2.75) is 19.3 Å². The van der Waals surface area contributed by atoms with E-state index in [1.165, 1.54) is 5.56 Å². The van der Waals surface area contributed by atoms with Gasteiger partial charge in [-0.1, -0.05) is 6.07 Å². The summed E-state index contributed by atoms with van der Waals surface area (Å²) in [5.41, 5.74) is 8.56. The molecular weight excluding hydrogens is 240 g/mol. The number of rotatable bonds is 5. The fourth-order valence-electron chi connectivity index (χ4n) is 2.32. The number of hydrogen-bond donors (Lipinski definition) is 3. The number of aromatic nitrogens is 2. The predicted molar refractivity (Wildman–Crippen MR) is 73.5 cm³/mol. The number of H-pyrrole nitrogens is 1. The number of aromatic amines is 1. The average molecular weight is 258 g/mol. The van der Waals surface area contributed by atoms with Crippen LogP contribution < -0.4 is 11.1 Å². The molecule has 0 unspecified atom stereocenters. The van der Waals surface area contributed by atoms with Gasteiger partial charge in [0.15, 0.2) is 0 Å². The van der Waals surface area contributed by atoms with E-state index < -0.39 is 0 Å². The maximum Gasteiger partial charge on any atom is 0.227 e. The van der Waals surface area contributed by atoms with Crippen LogP contribution in [0.25, 0.3) is 11.0 Å². The minimum atomic E-state index is -0.257. The van der Waals surface area contributed by atoms with Gasteiger partial charge in [0.1, 0.15) is 0 Å². The van der Waals surface area contributed by atoms with Gasteiger partial charge in [-0.2, -0.15) is 0 Å². The molecule has 1 aromatic heterocycles. The molecule has 0 spiro atoms. The molecule has 100 valence electrons. The lowest BCUT2D eigenvalue weighted by atomic mass is 10.1. The zero-order valence-corrected chi connectivity index (χ0v) is 10.8. The first-order valence-corrected chi connectivity index (χ1v) is 6.64. The molecular formula is C14H18N4O. The summed E-state index contributed by atoms with van der Waals surface area (Å²) in [5, 5.41) is 2.98. The summed E-state index contributed by atoms with van der Waals surface area (Å²) in [7, 11) is 0. The third-order valence-corrected chi connectivity index (χ3v) is 3.91. The minimum Gasteiger partial charge on any atom is -0.355 e. The fraction of sp³-hybridized carbons (Fsp3) is 0.429. The molecule has 5 nitrogen and oxygen atoms in total. The number of benzene rings is 1. The quantitative estimate of drug-likeness (QED) is 0.747. The molecule has 0 atom stereocenters. The Hall–Kier alpha value is -1.88. The first-order chi connectivity index (χ1) is 9.23. The summed E-state index contributed by atoms with van der Waals surface area (Å²) in [4.78, 5) is 19.2. The molecule has 3 rings (SSSR count). The normalized spacial score (nSPS) is 16.5. The Bertz CT molecular complexity index is 600. The molecule has 1 aliphatic carbocycles. The van der Waals surface area contributed by atoms with Crippen molar-refractivity contribution >= 4 is 16.9 Å². The molecule has 1 aliphatic rings. The van der Waals surface area contributed by atoms with Crippen LogP contribution in [0.2, 0.25) is 0 Å². The molecule has 19 heavy (non-hydrogen) atoms. The lowest BCUT2D eigenvalue weighted by Crippen LogP contribution is -2.37. The van der Waals surface area contributed by atoms with Crippen molar-refractivity contribution < 1.29 is 4.79 Å². The Morgan fingerprint density at radius 1 is 1.47 bits per heavy atom. The summed E-state index contributed by atoms with van der Waals surface area (Å²) in [6.07, 6.45) is 4.36. The molecule has 5 heteroatoms. The summed E-state index contributed by atoms with van der Waals surface area (Å²) in [5.74, 6) is 0.109. The number of carbonyl (C=O) groups is 1. The molecule has 1 fully saturated rings. The molecule has 1 heterocycles. The highest BCUT2D eigenvalue weighted by Gasteiger charge is 2.48. The molecule has 2 aromatic rings. The molecule has 1 amide bonds. The SMILES string of the molecule is NCC1(C(=O)NCCc2ccc3nc[nH]c3c2)CC1. The number of hydrogen-bond acceptors (Lipinski definition) is 3. The number of nitrogens with two attached hydrogens (primary N) is 1. The summed E-state index contributed by atoms with van der Waals surface area (Å²) >= 11 is 0. The summed E-state index contributed by atoms with van der Waals surface area (Å²) in [6, 6.07) is 6.11. The second-order valence-electron chi connectivity index (χ2n) is 5.24. The van der Waals surface area contributed by atoms with Crippen LogP contribution in [0.1, 0.15) is 18.4 Å². The number of fused-ring (bicyclic) bond motifs is 1. The van der Waals surface area contributed by atoms with Gasteiger partial charge >= 0.3 is 0 Å². The van der Waals surface area contributed by atoms with Gasteiger partial charge in [0.25, 0.3) is 0 Å². The number of nitrogens with zero attached hydrogens (tertiary/aromatic N) is 1. The van der Waals surface area contributed by atoms with Crippen LogP contribution in [-0.4, -0.2) is 29.0 Å². The van der Waals surface area contributed by atoms with Gasteiger partial charge in [0.05, 0.1) is 22.8 Å². The van der Waals surface area contributed by atoms with E-state index in [4.69, 9.17) is 5.73 Å². The second kappa shape index (κ2) is 4.66. The van der Waals surface area contributed by atoms with E-state index in [2.05, 4.69) is 21.4 Å². The first-order valence-electron chi connectivity index (χ1n) is 6.64. The highest BCUT2D eigenvalue weighted by atomic mass is 16.2. The summed E-state index contributed by atoms with van der Waals surface area (Å²) < 4.78 is 0. The van der Waals surface area contributed by atoms with Crippen molar-refractivity contribution in [2.24, 2.45) is 11.1 Å². The van der Waals surface area contributed by atoms with E-state index in [9.17, 15) is 4.79 Å². The van der Waals surface area contributed by atoms with Gasteiger partial charge in [-0.15, -0.1) is 0 Å². The first kappa shape index (κ1) is 12.2. The molecule has 0 aliphatic heterocycles. The zero-order chi connectivity index (χ0) is 13.3. The molecule has 0 radical (unpaired) electrons. The molecule has 4 N–H and O–H groups in total. The van der Waals surface area contributed by atoms with Crippen LogP contribution >= 0.6 is 0 Å². The van der Waals surface area contributed by atoms with Crippen molar-refractivity contribution in [2.75, 3.05) is 13.1 Å². The molecule has 0 saturated heterocycles. The molecule has 1 saturated carbocycles. The third kappa shape index (κ3) is 2.33. The Morgan fingerprint density at radius 3 is 3.05 bits per heavy atom. The van der Waals surface area contributed by atoms with Crippen LogP contribution in [0, 0.1) is 5.41 Å². The second-order valence-corrected chi connectivity index (χ2v) is 5.24. The monoisotopic (exact) mass is 258 g/mol. The molecule has 0 bridgehead atoms. The van der Waals surface area contributed by atoms with Crippen molar-refractivity contribution in [3.63, 3.8) is 0 Å². The third-order valence-electron chi connectivity index (χ3n) is 3.91. The number of amides is 1. The Kier molecular flexibility index (Phi) is 2.98. The highest BCUT2D eigenvalue weighted by molar-refractivity contribution is 5.85. The number of imidazole rings is 1. The maximum atomic E-state index is 11.9. The van der Waals surface area contributed by atoms with Crippen LogP contribution in [-0.2, 0) is 11.2 Å². The lowest BCUT2D eigenvalue weighted by molar-refractivity contribution is -0.125. The Labute approximate surface area is 111 Å². The van der Waals surface area contributed by atoms with E-state index >= 15 is 0 Å². The van der Waals surface area contributed by atoms with Gasteiger partial charge in [-0.05, 0) is 37.0 Å². The van der Waals surface area contributed by atoms with Gasteiger partial charge in [-0.25, -0.2) is 4.98 Å². The van der Waals surface area contributed by atoms with Crippen LogP contribution in [0.4, 0.5) is 0 Å².